The molecule has 0 atom stereocenters. The first-order valence-corrected chi connectivity index (χ1v) is 12.2. The van der Waals surface area contributed by atoms with Gasteiger partial charge in [-0.2, -0.15) is 5.10 Å². The molecule has 0 unspecified atom stereocenters. The van der Waals surface area contributed by atoms with Crippen LogP contribution >= 0.6 is 0 Å². The molecule has 7 rings (SSSR count). The predicted octanol–water partition coefficient (Wildman–Crippen LogP) is 6.20. The van der Waals surface area contributed by atoms with Crippen molar-refractivity contribution >= 4 is 22.1 Å². The SMILES string of the molecule is c1ccc(COc2cncc(-c3ccc4[nH]nc(-c5nc6nccc(-c7ccccn7)c6[nH]5)c4c3)c2)cc1. The lowest BCUT2D eigenvalue weighted by molar-refractivity contribution is 0.305. The Labute approximate surface area is 217 Å². The topological polar surface area (TPSA) is 105 Å². The summed E-state index contributed by atoms with van der Waals surface area (Å²) in [4.78, 5) is 21.5. The van der Waals surface area contributed by atoms with E-state index in [9.17, 15) is 0 Å². The van der Waals surface area contributed by atoms with Gasteiger partial charge >= 0.3 is 0 Å². The van der Waals surface area contributed by atoms with Crippen molar-refractivity contribution in [1.29, 1.82) is 0 Å². The molecule has 0 spiro atoms. The molecule has 0 saturated heterocycles. The molecule has 0 saturated carbocycles. The van der Waals surface area contributed by atoms with Crippen LogP contribution in [0.1, 0.15) is 5.56 Å². The maximum Gasteiger partial charge on any atom is 0.178 e. The lowest BCUT2D eigenvalue weighted by Crippen LogP contribution is -1.95. The smallest absolute Gasteiger partial charge is 0.178 e. The van der Waals surface area contributed by atoms with Gasteiger partial charge in [-0.05, 0) is 47.5 Å². The molecular weight excluding hydrogens is 474 g/mol. The summed E-state index contributed by atoms with van der Waals surface area (Å²) in [5, 5.41) is 8.64. The molecule has 0 aliphatic carbocycles. The quantitative estimate of drug-likeness (QED) is 0.284. The van der Waals surface area contributed by atoms with Crippen molar-refractivity contribution in [2.75, 3.05) is 0 Å². The number of fused-ring (bicyclic) bond motifs is 2. The van der Waals surface area contributed by atoms with Gasteiger partial charge in [0.1, 0.15) is 18.1 Å². The van der Waals surface area contributed by atoms with E-state index in [0.717, 1.165) is 50.1 Å². The van der Waals surface area contributed by atoms with E-state index >= 15 is 0 Å². The third-order valence-corrected chi connectivity index (χ3v) is 6.41. The average Bonchev–Trinajstić information content (AvgIpc) is 3.61. The zero-order valence-corrected chi connectivity index (χ0v) is 20.2. The standard InChI is InChI=1S/C30H21N7O/c1-2-6-19(7-3-1)18-38-22-14-21(16-31-17-22)20-9-10-26-24(15-20)28(37-36-26)30-34-27-23(11-13-33-29(27)35-30)25-8-4-5-12-32-25/h1-17H,18H2,(H,36,37)(H,33,34,35). The van der Waals surface area contributed by atoms with Crippen LogP contribution in [0.4, 0.5) is 0 Å². The minimum Gasteiger partial charge on any atom is -0.487 e. The summed E-state index contributed by atoms with van der Waals surface area (Å²) >= 11 is 0. The molecule has 2 aromatic carbocycles. The summed E-state index contributed by atoms with van der Waals surface area (Å²) in [6.07, 6.45) is 7.09. The average molecular weight is 496 g/mol. The maximum absolute atomic E-state index is 5.99. The molecule has 2 N–H and O–H groups in total. The van der Waals surface area contributed by atoms with E-state index in [1.807, 2.05) is 79.0 Å². The first-order valence-electron chi connectivity index (χ1n) is 12.2. The van der Waals surface area contributed by atoms with Crippen LogP contribution in [0.15, 0.2) is 104 Å². The number of pyridine rings is 3. The van der Waals surface area contributed by atoms with E-state index in [0.29, 0.717) is 23.8 Å². The van der Waals surface area contributed by atoms with Gasteiger partial charge in [-0.1, -0.05) is 42.5 Å². The Kier molecular flexibility index (Phi) is 5.33. The Morgan fingerprint density at radius 2 is 1.71 bits per heavy atom. The Bertz CT molecular complexity index is 1880. The van der Waals surface area contributed by atoms with Crippen molar-refractivity contribution < 1.29 is 4.74 Å². The van der Waals surface area contributed by atoms with Crippen molar-refractivity contribution in [1.82, 2.24) is 35.1 Å². The third-order valence-electron chi connectivity index (χ3n) is 6.41. The van der Waals surface area contributed by atoms with Crippen LogP contribution in [-0.4, -0.2) is 35.1 Å². The molecule has 8 heteroatoms. The van der Waals surface area contributed by atoms with E-state index in [2.05, 4.69) is 36.2 Å². The molecule has 0 radical (unpaired) electrons. The number of imidazole rings is 1. The molecule has 5 aromatic heterocycles. The van der Waals surface area contributed by atoms with Gasteiger partial charge in [0.25, 0.3) is 0 Å². The van der Waals surface area contributed by atoms with Crippen LogP contribution in [0.25, 0.3) is 56.0 Å². The van der Waals surface area contributed by atoms with E-state index in [1.165, 1.54) is 0 Å². The van der Waals surface area contributed by atoms with Gasteiger partial charge in [0.15, 0.2) is 11.5 Å². The second-order valence-corrected chi connectivity index (χ2v) is 8.87. The number of hydrogen-bond acceptors (Lipinski definition) is 6. The van der Waals surface area contributed by atoms with Crippen LogP contribution in [-0.2, 0) is 6.61 Å². The number of nitrogens with one attached hydrogen (secondary N) is 2. The second-order valence-electron chi connectivity index (χ2n) is 8.87. The number of ether oxygens (including phenoxy) is 1. The lowest BCUT2D eigenvalue weighted by Gasteiger charge is -2.08. The van der Waals surface area contributed by atoms with Gasteiger partial charge in [0.2, 0.25) is 0 Å². The van der Waals surface area contributed by atoms with Crippen molar-refractivity contribution in [3.05, 3.63) is 109 Å². The van der Waals surface area contributed by atoms with Gasteiger partial charge in [-0.3, -0.25) is 15.1 Å². The highest BCUT2D eigenvalue weighted by Gasteiger charge is 2.17. The van der Waals surface area contributed by atoms with Crippen LogP contribution in [0, 0.1) is 0 Å². The Hall–Kier alpha value is -5.37. The number of hydrogen-bond donors (Lipinski definition) is 2. The number of rotatable bonds is 6. The summed E-state index contributed by atoms with van der Waals surface area (Å²) in [6.45, 7) is 0.484. The van der Waals surface area contributed by atoms with Gasteiger partial charge in [0, 0.05) is 35.1 Å². The fourth-order valence-corrected chi connectivity index (χ4v) is 4.53. The van der Waals surface area contributed by atoms with Crippen LogP contribution in [0.2, 0.25) is 0 Å². The Balaban J connectivity index is 1.24. The largest absolute Gasteiger partial charge is 0.487 e. The molecular formula is C30H21N7O. The monoisotopic (exact) mass is 495 g/mol. The normalized spacial score (nSPS) is 11.3. The van der Waals surface area contributed by atoms with Crippen molar-refractivity contribution in [3.63, 3.8) is 0 Å². The molecule has 0 amide bonds. The number of benzene rings is 2. The van der Waals surface area contributed by atoms with Crippen molar-refractivity contribution in [2.24, 2.45) is 0 Å². The second kappa shape index (κ2) is 9.25. The Morgan fingerprint density at radius 3 is 2.61 bits per heavy atom. The molecule has 182 valence electrons. The van der Waals surface area contributed by atoms with Crippen molar-refractivity contribution in [2.45, 2.75) is 6.61 Å². The van der Waals surface area contributed by atoms with Gasteiger partial charge in [0.05, 0.1) is 22.9 Å². The first-order chi connectivity index (χ1) is 18.8. The molecule has 8 nitrogen and oxygen atoms in total. The molecule has 5 heterocycles. The molecule has 0 aliphatic rings. The van der Waals surface area contributed by atoms with E-state index < -0.39 is 0 Å². The minimum atomic E-state index is 0.484. The number of aromatic amines is 2. The van der Waals surface area contributed by atoms with Gasteiger partial charge in [-0.25, -0.2) is 9.97 Å². The van der Waals surface area contributed by atoms with E-state index in [1.54, 1.807) is 18.6 Å². The van der Waals surface area contributed by atoms with Crippen LogP contribution in [0.3, 0.4) is 0 Å². The minimum absolute atomic E-state index is 0.484. The molecule has 0 bridgehead atoms. The third kappa shape index (κ3) is 4.04. The molecule has 0 aliphatic heterocycles. The lowest BCUT2D eigenvalue weighted by atomic mass is 10.0. The summed E-state index contributed by atoms with van der Waals surface area (Å²) in [7, 11) is 0. The fraction of sp³-hybridized carbons (Fsp3) is 0.0333. The molecule has 0 fully saturated rings. The zero-order valence-electron chi connectivity index (χ0n) is 20.2. The molecule has 38 heavy (non-hydrogen) atoms. The Morgan fingerprint density at radius 1 is 0.789 bits per heavy atom. The summed E-state index contributed by atoms with van der Waals surface area (Å²) in [6, 6.07) is 26.0. The highest BCUT2D eigenvalue weighted by molar-refractivity contribution is 5.97. The predicted molar refractivity (Wildman–Crippen MR) is 146 cm³/mol. The highest BCUT2D eigenvalue weighted by Crippen LogP contribution is 2.32. The van der Waals surface area contributed by atoms with Gasteiger partial charge in [-0.15, -0.1) is 0 Å². The summed E-state index contributed by atoms with van der Waals surface area (Å²) < 4.78 is 5.99. The highest BCUT2D eigenvalue weighted by atomic mass is 16.5. The van der Waals surface area contributed by atoms with E-state index in [-0.39, 0.29) is 0 Å². The summed E-state index contributed by atoms with van der Waals surface area (Å²) in [5.74, 6) is 1.35. The maximum atomic E-state index is 5.99. The number of H-pyrrole nitrogens is 2. The summed E-state index contributed by atoms with van der Waals surface area (Å²) in [5.41, 5.74) is 7.91. The number of nitrogens with zero attached hydrogens (tertiary/aromatic N) is 5. The molecule has 7 aromatic rings. The zero-order chi connectivity index (χ0) is 25.3. The van der Waals surface area contributed by atoms with Crippen LogP contribution < -0.4 is 4.74 Å². The van der Waals surface area contributed by atoms with Crippen molar-refractivity contribution in [3.8, 4) is 39.7 Å². The van der Waals surface area contributed by atoms with Gasteiger partial charge < -0.3 is 9.72 Å². The first kappa shape index (κ1) is 21.9. The van der Waals surface area contributed by atoms with Crippen LogP contribution in [0.5, 0.6) is 5.75 Å². The number of aromatic nitrogens is 7. The van der Waals surface area contributed by atoms with E-state index in [4.69, 9.17) is 9.72 Å². The fourth-order valence-electron chi connectivity index (χ4n) is 4.53.